The lowest BCUT2D eigenvalue weighted by Gasteiger charge is -2.14. The summed E-state index contributed by atoms with van der Waals surface area (Å²) in [4.78, 5) is 0. The summed E-state index contributed by atoms with van der Waals surface area (Å²) < 4.78 is 0. The maximum Gasteiger partial charge on any atom is 0.0621 e. The van der Waals surface area contributed by atoms with Gasteiger partial charge in [-0.2, -0.15) is 5.26 Å². The van der Waals surface area contributed by atoms with Crippen molar-refractivity contribution in [1.82, 2.24) is 0 Å². The maximum atomic E-state index is 8.69. The van der Waals surface area contributed by atoms with Crippen LogP contribution < -0.4 is 0 Å². The van der Waals surface area contributed by atoms with Crippen molar-refractivity contribution in [3.8, 4) is 6.07 Å². The number of fused-ring (bicyclic) bond motifs is 6. The van der Waals surface area contributed by atoms with E-state index in [4.69, 9.17) is 5.26 Å². The molecule has 0 aliphatic heterocycles. The van der Waals surface area contributed by atoms with Crippen molar-refractivity contribution in [3.05, 3.63) is 72.3 Å². The summed E-state index contributed by atoms with van der Waals surface area (Å²) in [6, 6.07) is 26.4. The van der Waals surface area contributed by atoms with Gasteiger partial charge in [-0.1, -0.05) is 73.2 Å². The van der Waals surface area contributed by atoms with E-state index in [1.807, 2.05) is 0 Å². The second-order valence-electron chi connectivity index (χ2n) is 6.65. The van der Waals surface area contributed by atoms with Gasteiger partial charge in [-0.05, 0) is 57.1 Å². The lowest BCUT2D eigenvalue weighted by atomic mass is 9.90. The third kappa shape index (κ3) is 2.85. The predicted octanol–water partition coefficient (Wildman–Crippen LogP) is 6.77. The van der Waals surface area contributed by atoms with Crippen LogP contribution in [0.15, 0.2) is 66.7 Å². The van der Waals surface area contributed by atoms with Gasteiger partial charge in [-0.25, -0.2) is 0 Å². The summed E-state index contributed by atoms with van der Waals surface area (Å²) in [6.45, 7) is 0. The minimum absolute atomic E-state index is 0.670. The Morgan fingerprint density at radius 3 is 1.80 bits per heavy atom. The smallest absolute Gasteiger partial charge is 0.0621 e. The average Bonchev–Trinajstić information content (AvgIpc) is 2.68. The highest BCUT2D eigenvalue weighted by Crippen LogP contribution is 2.36. The van der Waals surface area contributed by atoms with Gasteiger partial charge in [-0.15, -0.1) is 0 Å². The van der Waals surface area contributed by atoms with Gasteiger partial charge in [0, 0.05) is 6.42 Å². The molecule has 4 rings (SSSR count). The first-order valence-corrected chi connectivity index (χ1v) is 9.08. The highest BCUT2D eigenvalue weighted by molar-refractivity contribution is 6.26. The molecule has 4 aromatic carbocycles. The summed E-state index contributed by atoms with van der Waals surface area (Å²) in [7, 11) is 0. The van der Waals surface area contributed by atoms with E-state index in [1.165, 1.54) is 37.9 Å². The van der Waals surface area contributed by atoms with Crippen molar-refractivity contribution in [3.63, 3.8) is 0 Å². The van der Waals surface area contributed by atoms with Gasteiger partial charge >= 0.3 is 0 Å². The second-order valence-corrected chi connectivity index (χ2v) is 6.65. The highest BCUT2D eigenvalue weighted by Gasteiger charge is 2.10. The number of rotatable bonds is 5. The van der Waals surface area contributed by atoms with Crippen molar-refractivity contribution in [2.24, 2.45) is 0 Å². The third-order valence-electron chi connectivity index (χ3n) is 5.09. The third-order valence-corrected chi connectivity index (χ3v) is 5.09. The fourth-order valence-electron chi connectivity index (χ4n) is 3.94. The molecule has 25 heavy (non-hydrogen) atoms. The van der Waals surface area contributed by atoms with E-state index in [-0.39, 0.29) is 0 Å². The fourth-order valence-corrected chi connectivity index (χ4v) is 3.94. The predicted molar refractivity (Wildman–Crippen MR) is 107 cm³/mol. The monoisotopic (exact) mass is 323 g/mol. The summed E-state index contributed by atoms with van der Waals surface area (Å²) in [6.07, 6.45) is 5.01. The van der Waals surface area contributed by atoms with E-state index >= 15 is 0 Å². The topological polar surface area (TPSA) is 23.8 Å². The quantitative estimate of drug-likeness (QED) is 0.293. The van der Waals surface area contributed by atoms with Crippen LogP contribution in [0, 0.1) is 11.3 Å². The number of unbranched alkanes of at least 4 members (excludes halogenated alkanes) is 3. The molecule has 0 fully saturated rings. The van der Waals surface area contributed by atoms with Crippen LogP contribution in [-0.2, 0) is 6.42 Å². The van der Waals surface area contributed by atoms with E-state index in [0.717, 1.165) is 25.7 Å². The number of hydrogen-bond acceptors (Lipinski definition) is 1. The molecule has 0 N–H and O–H groups in total. The Bertz CT molecular complexity index is 1040. The number of benzene rings is 4. The number of hydrogen-bond donors (Lipinski definition) is 0. The van der Waals surface area contributed by atoms with Gasteiger partial charge in [0.2, 0.25) is 0 Å². The zero-order chi connectivity index (χ0) is 17.1. The van der Waals surface area contributed by atoms with Crippen molar-refractivity contribution in [1.29, 1.82) is 5.26 Å². The summed E-state index contributed by atoms with van der Waals surface area (Å²) in [5.74, 6) is 0. The number of aryl methyl sites for hydroxylation is 1. The molecule has 0 aliphatic rings. The van der Waals surface area contributed by atoms with Crippen molar-refractivity contribution in [2.75, 3.05) is 0 Å². The normalized spacial score (nSPS) is 11.2. The minimum atomic E-state index is 0.670. The Morgan fingerprint density at radius 1 is 0.600 bits per heavy atom. The minimum Gasteiger partial charge on any atom is -0.198 e. The largest absolute Gasteiger partial charge is 0.198 e. The molecule has 122 valence electrons. The summed E-state index contributed by atoms with van der Waals surface area (Å²) in [5.41, 5.74) is 1.43. The van der Waals surface area contributed by atoms with E-state index in [1.54, 1.807) is 0 Å². The first kappa shape index (κ1) is 15.7. The molecular weight excluding hydrogens is 302 g/mol. The van der Waals surface area contributed by atoms with Crippen LogP contribution in [0.25, 0.3) is 32.3 Å². The van der Waals surface area contributed by atoms with Crippen molar-refractivity contribution in [2.45, 2.75) is 32.1 Å². The molecule has 0 radical (unpaired) electrons. The molecule has 4 aromatic rings. The first-order chi connectivity index (χ1) is 12.4. The van der Waals surface area contributed by atoms with E-state index < -0.39 is 0 Å². The highest BCUT2D eigenvalue weighted by atomic mass is 14.2. The Labute approximate surface area is 148 Å². The fraction of sp³-hybridized carbons (Fsp3) is 0.208. The first-order valence-electron chi connectivity index (χ1n) is 9.08. The lowest BCUT2D eigenvalue weighted by molar-refractivity contribution is 0.692. The van der Waals surface area contributed by atoms with Crippen LogP contribution in [0.1, 0.15) is 31.2 Å². The van der Waals surface area contributed by atoms with Gasteiger partial charge in [-0.3, -0.25) is 0 Å². The molecule has 0 bridgehead atoms. The second kappa shape index (κ2) is 6.95. The van der Waals surface area contributed by atoms with Crippen LogP contribution in [0.5, 0.6) is 0 Å². The van der Waals surface area contributed by atoms with Crippen LogP contribution >= 0.6 is 0 Å². The molecule has 0 saturated carbocycles. The number of nitriles is 1. The summed E-state index contributed by atoms with van der Waals surface area (Å²) >= 11 is 0. The van der Waals surface area contributed by atoms with Gasteiger partial charge in [0.1, 0.15) is 0 Å². The summed E-state index contributed by atoms with van der Waals surface area (Å²) in [5, 5.41) is 16.8. The molecule has 0 saturated heterocycles. The van der Waals surface area contributed by atoms with Gasteiger partial charge in [0.05, 0.1) is 6.07 Å². The number of nitrogens with zero attached hydrogens (tertiary/aromatic N) is 1. The Hall–Kier alpha value is -2.85. The molecule has 0 atom stereocenters. The maximum absolute atomic E-state index is 8.69. The van der Waals surface area contributed by atoms with Crippen molar-refractivity contribution >= 4 is 32.3 Å². The van der Waals surface area contributed by atoms with Crippen molar-refractivity contribution < 1.29 is 0 Å². The average molecular weight is 323 g/mol. The SMILES string of the molecule is N#CCCCCCc1cccc2c3ccccc3c3ccccc3c12. The molecular formula is C24H21N. The Kier molecular flexibility index (Phi) is 4.36. The van der Waals surface area contributed by atoms with Crippen LogP contribution in [-0.4, -0.2) is 0 Å². The molecule has 0 amide bonds. The standard InChI is InChI=1S/C24H21N/c25-17-8-2-1-3-10-18-11-9-16-23-21-13-5-4-12-19(21)20-14-6-7-15-22(20)24(18)23/h4-7,9,11-16H,1-3,8,10H2. The van der Waals surface area contributed by atoms with Gasteiger partial charge in [0.15, 0.2) is 0 Å². The Morgan fingerprint density at radius 2 is 1.16 bits per heavy atom. The zero-order valence-electron chi connectivity index (χ0n) is 14.3. The van der Waals surface area contributed by atoms with Crippen LogP contribution in [0.4, 0.5) is 0 Å². The van der Waals surface area contributed by atoms with E-state index in [2.05, 4.69) is 72.8 Å². The molecule has 1 heteroatoms. The molecule has 0 spiro atoms. The van der Waals surface area contributed by atoms with E-state index in [0.29, 0.717) is 6.42 Å². The molecule has 0 aliphatic carbocycles. The molecule has 0 heterocycles. The van der Waals surface area contributed by atoms with Gasteiger partial charge < -0.3 is 0 Å². The Balaban J connectivity index is 1.89. The molecule has 0 aromatic heterocycles. The van der Waals surface area contributed by atoms with E-state index in [9.17, 15) is 0 Å². The van der Waals surface area contributed by atoms with Crippen LogP contribution in [0.2, 0.25) is 0 Å². The van der Waals surface area contributed by atoms with Gasteiger partial charge in [0.25, 0.3) is 0 Å². The zero-order valence-corrected chi connectivity index (χ0v) is 14.3. The van der Waals surface area contributed by atoms with Crippen LogP contribution in [0.3, 0.4) is 0 Å². The molecule has 0 unspecified atom stereocenters. The molecule has 1 nitrogen and oxygen atoms in total. The lowest BCUT2D eigenvalue weighted by Crippen LogP contribution is -1.91.